The number of carbonyl (C=O) groups is 1. The average molecular weight is 295 g/mol. The molecule has 2 aromatic carbocycles. The van der Waals surface area contributed by atoms with Crippen LogP contribution in [-0.4, -0.2) is 11.1 Å². The van der Waals surface area contributed by atoms with Gasteiger partial charge in [-0.25, -0.2) is 13.2 Å². The smallest absolute Gasteiger partial charge is 0.305 e. The van der Waals surface area contributed by atoms with E-state index in [9.17, 15) is 18.0 Å². The number of hydrogen-bond acceptors (Lipinski definition) is 2. The third-order valence-corrected chi connectivity index (χ3v) is 2.98. The SMILES string of the molecule is NC(CC(=O)O)c1cc(F)cc(-c2ccc(F)cc2F)c1. The fourth-order valence-electron chi connectivity index (χ4n) is 2.01. The second-order valence-corrected chi connectivity index (χ2v) is 4.60. The topological polar surface area (TPSA) is 63.3 Å². The molecule has 6 heteroatoms. The number of halogens is 3. The van der Waals surface area contributed by atoms with Gasteiger partial charge in [0.05, 0.1) is 6.42 Å². The van der Waals surface area contributed by atoms with E-state index < -0.39 is 29.5 Å². The summed E-state index contributed by atoms with van der Waals surface area (Å²) in [6.07, 6.45) is -0.380. The Balaban J connectivity index is 2.45. The van der Waals surface area contributed by atoms with Crippen LogP contribution in [0.5, 0.6) is 0 Å². The maximum atomic E-state index is 13.7. The van der Waals surface area contributed by atoms with E-state index in [2.05, 4.69) is 0 Å². The Labute approximate surface area is 118 Å². The third kappa shape index (κ3) is 3.61. The van der Waals surface area contributed by atoms with Crippen LogP contribution in [0, 0.1) is 17.5 Å². The van der Waals surface area contributed by atoms with Crippen molar-refractivity contribution in [1.29, 1.82) is 0 Å². The summed E-state index contributed by atoms with van der Waals surface area (Å²) in [6, 6.07) is 5.59. The van der Waals surface area contributed by atoms with Crippen molar-refractivity contribution in [2.75, 3.05) is 0 Å². The van der Waals surface area contributed by atoms with Gasteiger partial charge in [-0.05, 0) is 41.5 Å². The van der Waals surface area contributed by atoms with Crippen molar-refractivity contribution in [3.05, 3.63) is 59.4 Å². The van der Waals surface area contributed by atoms with Crippen LogP contribution in [0.1, 0.15) is 18.0 Å². The van der Waals surface area contributed by atoms with Gasteiger partial charge in [0.2, 0.25) is 0 Å². The lowest BCUT2D eigenvalue weighted by molar-refractivity contribution is -0.137. The number of rotatable bonds is 4. The second kappa shape index (κ2) is 5.97. The van der Waals surface area contributed by atoms with Gasteiger partial charge in [0.25, 0.3) is 0 Å². The van der Waals surface area contributed by atoms with Gasteiger partial charge in [-0.15, -0.1) is 0 Å². The zero-order valence-corrected chi connectivity index (χ0v) is 10.8. The van der Waals surface area contributed by atoms with Crippen LogP contribution in [0.2, 0.25) is 0 Å². The molecule has 3 N–H and O–H groups in total. The van der Waals surface area contributed by atoms with Crippen molar-refractivity contribution >= 4 is 5.97 Å². The van der Waals surface area contributed by atoms with E-state index in [0.29, 0.717) is 6.07 Å². The molecule has 21 heavy (non-hydrogen) atoms. The number of nitrogens with two attached hydrogens (primary N) is 1. The lowest BCUT2D eigenvalue weighted by Gasteiger charge is -2.12. The molecule has 0 radical (unpaired) electrons. The molecular weight excluding hydrogens is 283 g/mol. The molecule has 0 spiro atoms. The van der Waals surface area contributed by atoms with Gasteiger partial charge in [-0.3, -0.25) is 4.79 Å². The predicted molar refractivity (Wildman–Crippen MR) is 70.9 cm³/mol. The van der Waals surface area contributed by atoms with Crippen LogP contribution < -0.4 is 5.73 Å². The first-order valence-corrected chi connectivity index (χ1v) is 6.10. The summed E-state index contributed by atoms with van der Waals surface area (Å²) in [5.41, 5.74) is 6.09. The van der Waals surface area contributed by atoms with Crippen molar-refractivity contribution in [2.24, 2.45) is 5.73 Å². The average Bonchev–Trinajstić information content (AvgIpc) is 2.37. The van der Waals surface area contributed by atoms with Crippen molar-refractivity contribution in [3.63, 3.8) is 0 Å². The van der Waals surface area contributed by atoms with E-state index in [0.717, 1.165) is 18.2 Å². The molecule has 0 saturated carbocycles. The fraction of sp³-hybridized carbons (Fsp3) is 0.133. The van der Waals surface area contributed by atoms with Crippen molar-refractivity contribution in [1.82, 2.24) is 0 Å². The summed E-state index contributed by atoms with van der Waals surface area (Å²) < 4.78 is 40.2. The van der Waals surface area contributed by atoms with E-state index in [1.54, 1.807) is 0 Å². The van der Waals surface area contributed by atoms with Crippen LogP contribution in [0.3, 0.4) is 0 Å². The maximum Gasteiger partial charge on any atom is 0.305 e. The van der Waals surface area contributed by atoms with E-state index in [1.165, 1.54) is 12.1 Å². The molecule has 0 saturated heterocycles. The van der Waals surface area contributed by atoms with Crippen LogP contribution in [0.15, 0.2) is 36.4 Å². The van der Waals surface area contributed by atoms with Gasteiger partial charge < -0.3 is 10.8 Å². The fourth-order valence-corrected chi connectivity index (χ4v) is 2.01. The van der Waals surface area contributed by atoms with Gasteiger partial charge in [0, 0.05) is 17.7 Å². The molecule has 110 valence electrons. The Morgan fingerprint density at radius 1 is 1.10 bits per heavy atom. The van der Waals surface area contributed by atoms with Crippen LogP contribution in [0.25, 0.3) is 11.1 Å². The quantitative estimate of drug-likeness (QED) is 0.910. The minimum Gasteiger partial charge on any atom is -0.481 e. The molecule has 0 aliphatic carbocycles. The predicted octanol–water partition coefficient (Wildman–Crippen LogP) is 3.25. The lowest BCUT2D eigenvalue weighted by Crippen LogP contribution is -2.15. The molecule has 1 atom stereocenters. The Kier molecular flexibility index (Phi) is 4.28. The number of carboxylic acid groups (broad SMARTS) is 1. The Morgan fingerprint density at radius 3 is 2.43 bits per heavy atom. The third-order valence-electron chi connectivity index (χ3n) is 2.98. The highest BCUT2D eigenvalue weighted by Gasteiger charge is 2.15. The number of benzene rings is 2. The molecule has 2 aromatic rings. The molecule has 0 aromatic heterocycles. The monoisotopic (exact) mass is 295 g/mol. The standard InChI is InChI=1S/C15H12F3NO2/c16-10-1-2-12(13(18)6-10)8-3-9(5-11(17)4-8)14(19)7-15(20)21/h1-6,14H,7,19H2,(H,20,21). The molecule has 0 fully saturated rings. The zero-order chi connectivity index (χ0) is 15.6. The summed E-state index contributed by atoms with van der Waals surface area (Å²) in [5.74, 6) is -3.37. The van der Waals surface area contributed by atoms with Gasteiger partial charge in [-0.1, -0.05) is 0 Å². The maximum absolute atomic E-state index is 13.7. The van der Waals surface area contributed by atoms with Crippen molar-refractivity contribution in [3.8, 4) is 11.1 Å². The Bertz CT molecular complexity index is 689. The minimum absolute atomic E-state index is 0.0136. The molecule has 0 aliphatic heterocycles. The van der Waals surface area contributed by atoms with E-state index in [-0.39, 0.29) is 23.1 Å². The second-order valence-electron chi connectivity index (χ2n) is 4.60. The number of aliphatic carboxylic acids is 1. The van der Waals surface area contributed by atoms with E-state index in [1.807, 2.05) is 0 Å². The molecule has 0 heterocycles. The Morgan fingerprint density at radius 2 is 1.81 bits per heavy atom. The highest BCUT2D eigenvalue weighted by molar-refractivity contribution is 5.69. The molecule has 0 bridgehead atoms. The Hall–Kier alpha value is -2.34. The van der Waals surface area contributed by atoms with E-state index >= 15 is 0 Å². The van der Waals surface area contributed by atoms with E-state index in [4.69, 9.17) is 10.8 Å². The zero-order valence-electron chi connectivity index (χ0n) is 10.8. The summed E-state index contributed by atoms with van der Waals surface area (Å²) in [6.45, 7) is 0. The van der Waals surface area contributed by atoms with Crippen LogP contribution in [-0.2, 0) is 4.79 Å². The minimum atomic E-state index is -1.12. The summed E-state index contributed by atoms with van der Waals surface area (Å²) in [5, 5.41) is 8.70. The summed E-state index contributed by atoms with van der Waals surface area (Å²) >= 11 is 0. The molecule has 0 aliphatic rings. The van der Waals surface area contributed by atoms with Crippen molar-refractivity contribution < 1.29 is 23.1 Å². The first kappa shape index (κ1) is 15.1. The first-order valence-electron chi connectivity index (χ1n) is 6.10. The van der Waals surface area contributed by atoms with Crippen LogP contribution in [0.4, 0.5) is 13.2 Å². The highest BCUT2D eigenvalue weighted by atomic mass is 19.1. The molecular formula is C15H12F3NO2. The molecule has 3 nitrogen and oxygen atoms in total. The molecule has 1 unspecified atom stereocenters. The van der Waals surface area contributed by atoms with Gasteiger partial charge >= 0.3 is 5.97 Å². The van der Waals surface area contributed by atoms with Crippen LogP contribution >= 0.6 is 0 Å². The first-order chi connectivity index (χ1) is 9.86. The normalized spacial score (nSPS) is 12.2. The van der Waals surface area contributed by atoms with Gasteiger partial charge in [0.15, 0.2) is 0 Å². The molecule has 0 amide bonds. The molecule has 2 rings (SSSR count). The van der Waals surface area contributed by atoms with Gasteiger partial charge in [0.1, 0.15) is 17.5 Å². The lowest BCUT2D eigenvalue weighted by atomic mass is 9.97. The highest BCUT2D eigenvalue weighted by Crippen LogP contribution is 2.27. The number of hydrogen-bond donors (Lipinski definition) is 2. The number of carboxylic acids is 1. The largest absolute Gasteiger partial charge is 0.481 e. The summed E-state index contributed by atoms with van der Waals surface area (Å²) in [4.78, 5) is 10.6. The summed E-state index contributed by atoms with van der Waals surface area (Å²) in [7, 11) is 0. The van der Waals surface area contributed by atoms with Gasteiger partial charge in [-0.2, -0.15) is 0 Å². The van der Waals surface area contributed by atoms with Crippen molar-refractivity contribution in [2.45, 2.75) is 12.5 Å².